The number of carbonyl (C=O) groups excluding carboxylic acids is 2. The first-order valence-corrected chi connectivity index (χ1v) is 10.6. The lowest BCUT2D eigenvalue weighted by molar-refractivity contribution is 0.172. The van der Waals surface area contributed by atoms with Gasteiger partial charge in [-0.25, -0.2) is 18.4 Å². The van der Waals surface area contributed by atoms with Gasteiger partial charge in [0.1, 0.15) is 17.9 Å². The molecule has 0 radical (unpaired) electrons. The first-order valence-electron chi connectivity index (χ1n) is 10.6. The van der Waals surface area contributed by atoms with Gasteiger partial charge in [-0.15, -0.1) is 0 Å². The van der Waals surface area contributed by atoms with E-state index in [0.717, 1.165) is 17.7 Å². The van der Waals surface area contributed by atoms with E-state index >= 15 is 0 Å². The van der Waals surface area contributed by atoms with Crippen LogP contribution < -0.4 is 10.6 Å². The molecule has 0 atom stereocenters. The fourth-order valence-corrected chi connectivity index (χ4v) is 3.94. The molecule has 0 spiro atoms. The van der Waals surface area contributed by atoms with Gasteiger partial charge in [0.05, 0.1) is 0 Å². The lowest BCUT2D eigenvalue weighted by Gasteiger charge is -2.34. The standard InChI is InChI=1S/C22H25F2N5O3/c23-17-1-2-19(24)16(14-17)13-15-3-8-28(9-4-15)21(30)25-18-5-10-29(11-6-18)22(31)26-20-7-12-32-27-20/h1-2,7,12-14,18H,3-6,8-11H2,(H,25,30)(H,26,27,31). The number of urea groups is 2. The van der Waals surface area contributed by atoms with Gasteiger partial charge in [0.25, 0.3) is 0 Å². The fourth-order valence-electron chi connectivity index (χ4n) is 3.94. The van der Waals surface area contributed by atoms with Crippen LogP contribution in [-0.2, 0) is 0 Å². The molecule has 0 unspecified atom stereocenters. The first-order chi connectivity index (χ1) is 15.5. The van der Waals surface area contributed by atoms with Crippen molar-refractivity contribution in [1.82, 2.24) is 20.3 Å². The first kappa shape index (κ1) is 21.8. The molecule has 0 bridgehead atoms. The van der Waals surface area contributed by atoms with E-state index in [2.05, 4.69) is 15.8 Å². The largest absolute Gasteiger partial charge is 0.363 e. The van der Waals surface area contributed by atoms with Crippen molar-refractivity contribution in [2.24, 2.45) is 0 Å². The quantitative estimate of drug-likeness (QED) is 0.751. The summed E-state index contributed by atoms with van der Waals surface area (Å²) in [5.41, 5.74) is 1.22. The number of anilines is 1. The lowest BCUT2D eigenvalue weighted by atomic mass is 10.0. The van der Waals surface area contributed by atoms with Crippen molar-refractivity contribution in [3.05, 3.63) is 53.3 Å². The average molecular weight is 445 g/mol. The normalized spacial score (nSPS) is 17.2. The minimum atomic E-state index is -0.475. The Balaban J connectivity index is 1.21. The van der Waals surface area contributed by atoms with Crippen LogP contribution in [-0.4, -0.2) is 59.2 Å². The van der Waals surface area contributed by atoms with E-state index in [4.69, 9.17) is 4.52 Å². The Kier molecular flexibility index (Phi) is 6.67. The second-order valence-electron chi connectivity index (χ2n) is 7.98. The summed E-state index contributed by atoms with van der Waals surface area (Å²) in [4.78, 5) is 28.3. The number of benzene rings is 1. The number of nitrogens with one attached hydrogen (secondary N) is 2. The van der Waals surface area contributed by atoms with Gasteiger partial charge in [0.2, 0.25) is 0 Å². The summed E-state index contributed by atoms with van der Waals surface area (Å²) >= 11 is 0. The summed E-state index contributed by atoms with van der Waals surface area (Å²) in [6.07, 6.45) is 5.61. The van der Waals surface area contributed by atoms with Crippen molar-refractivity contribution in [3.8, 4) is 0 Å². The average Bonchev–Trinajstić information content (AvgIpc) is 3.30. The van der Waals surface area contributed by atoms with E-state index in [9.17, 15) is 18.4 Å². The maximum absolute atomic E-state index is 13.8. The number of nitrogens with zero attached hydrogens (tertiary/aromatic N) is 3. The Morgan fingerprint density at radius 2 is 1.75 bits per heavy atom. The Labute approximate surface area is 184 Å². The fraction of sp³-hybridized carbons (Fsp3) is 0.409. The van der Waals surface area contributed by atoms with E-state index in [1.807, 2.05) is 0 Å². The van der Waals surface area contributed by atoms with Crippen LogP contribution >= 0.6 is 0 Å². The van der Waals surface area contributed by atoms with E-state index in [1.54, 1.807) is 21.9 Å². The minimum Gasteiger partial charge on any atom is -0.363 e. The summed E-state index contributed by atoms with van der Waals surface area (Å²) in [5.74, 6) is -0.569. The Hall–Kier alpha value is -3.43. The number of carbonyl (C=O) groups is 2. The molecule has 2 aliphatic rings. The molecular formula is C22H25F2N5O3. The van der Waals surface area contributed by atoms with Crippen LogP contribution in [0.5, 0.6) is 0 Å². The Morgan fingerprint density at radius 3 is 2.44 bits per heavy atom. The van der Waals surface area contributed by atoms with Gasteiger partial charge < -0.3 is 19.6 Å². The number of aromatic nitrogens is 1. The molecule has 8 nitrogen and oxygen atoms in total. The highest BCUT2D eigenvalue weighted by Crippen LogP contribution is 2.22. The SMILES string of the molecule is O=C(Nc1ccon1)N1CCC(NC(=O)N2CCC(=Cc3cc(F)ccc3F)CC2)CC1. The molecule has 0 aliphatic carbocycles. The number of halogens is 2. The highest BCUT2D eigenvalue weighted by Gasteiger charge is 2.26. The summed E-state index contributed by atoms with van der Waals surface area (Å²) in [7, 11) is 0. The van der Waals surface area contributed by atoms with Crippen LogP contribution in [0.1, 0.15) is 31.2 Å². The van der Waals surface area contributed by atoms with Crippen molar-refractivity contribution >= 4 is 24.0 Å². The molecule has 32 heavy (non-hydrogen) atoms. The van der Waals surface area contributed by atoms with Gasteiger partial charge in [-0.2, -0.15) is 0 Å². The van der Waals surface area contributed by atoms with E-state index < -0.39 is 11.6 Å². The zero-order valence-electron chi connectivity index (χ0n) is 17.5. The molecular weight excluding hydrogens is 420 g/mol. The molecule has 2 aliphatic heterocycles. The maximum Gasteiger partial charge on any atom is 0.323 e. The number of amides is 4. The number of likely N-dealkylation sites (tertiary alicyclic amines) is 2. The molecule has 4 amide bonds. The van der Waals surface area contributed by atoms with Gasteiger partial charge >= 0.3 is 12.1 Å². The number of rotatable bonds is 3. The van der Waals surface area contributed by atoms with Crippen LogP contribution in [0.3, 0.4) is 0 Å². The molecule has 4 rings (SSSR count). The van der Waals surface area contributed by atoms with E-state index in [0.29, 0.717) is 57.7 Å². The maximum atomic E-state index is 13.8. The predicted molar refractivity (Wildman–Crippen MR) is 114 cm³/mol. The van der Waals surface area contributed by atoms with Gasteiger partial charge in [-0.05, 0) is 43.9 Å². The van der Waals surface area contributed by atoms with Gasteiger partial charge in [0.15, 0.2) is 5.82 Å². The van der Waals surface area contributed by atoms with E-state index in [-0.39, 0.29) is 23.7 Å². The molecule has 1 aromatic heterocycles. The summed E-state index contributed by atoms with van der Waals surface area (Å²) in [5, 5.41) is 9.37. The molecule has 2 fully saturated rings. The molecule has 1 aromatic carbocycles. The van der Waals surface area contributed by atoms with Crippen molar-refractivity contribution in [3.63, 3.8) is 0 Å². The number of hydrogen-bond acceptors (Lipinski definition) is 4. The van der Waals surface area contributed by atoms with Gasteiger partial charge in [0, 0.05) is 43.9 Å². The zero-order chi connectivity index (χ0) is 22.5. The smallest absolute Gasteiger partial charge is 0.323 e. The molecule has 0 saturated carbocycles. The van der Waals surface area contributed by atoms with Crippen molar-refractivity contribution in [1.29, 1.82) is 0 Å². The summed E-state index contributed by atoms with van der Waals surface area (Å²) in [6, 6.07) is 4.58. The lowest BCUT2D eigenvalue weighted by Crippen LogP contribution is -2.51. The molecule has 2 N–H and O–H groups in total. The Bertz CT molecular complexity index is 977. The zero-order valence-corrected chi connectivity index (χ0v) is 17.5. The third-order valence-corrected chi connectivity index (χ3v) is 5.79. The molecule has 2 aromatic rings. The third-order valence-electron chi connectivity index (χ3n) is 5.79. The summed E-state index contributed by atoms with van der Waals surface area (Å²) < 4.78 is 31.9. The van der Waals surface area contributed by atoms with E-state index in [1.165, 1.54) is 12.3 Å². The number of hydrogen-bond donors (Lipinski definition) is 2. The monoisotopic (exact) mass is 445 g/mol. The molecule has 170 valence electrons. The van der Waals surface area contributed by atoms with Crippen LogP contribution in [0.25, 0.3) is 6.08 Å². The summed E-state index contributed by atoms with van der Waals surface area (Å²) in [6.45, 7) is 2.10. The predicted octanol–water partition coefficient (Wildman–Crippen LogP) is 3.84. The Morgan fingerprint density at radius 1 is 1.03 bits per heavy atom. The highest BCUT2D eigenvalue weighted by molar-refractivity contribution is 5.88. The van der Waals surface area contributed by atoms with Crippen molar-refractivity contribution in [2.75, 3.05) is 31.5 Å². The van der Waals surface area contributed by atoms with Crippen LogP contribution in [0, 0.1) is 11.6 Å². The van der Waals surface area contributed by atoms with Crippen LogP contribution in [0.4, 0.5) is 24.2 Å². The van der Waals surface area contributed by atoms with Crippen LogP contribution in [0.2, 0.25) is 0 Å². The molecule has 2 saturated heterocycles. The van der Waals surface area contributed by atoms with Gasteiger partial charge in [-0.3, -0.25) is 5.32 Å². The molecule has 10 heteroatoms. The number of piperidine rings is 2. The van der Waals surface area contributed by atoms with Crippen LogP contribution in [0.15, 0.2) is 40.6 Å². The second kappa shape index (κ2) is 9.80. The second-order valence-corrected chi connectivity index (χ2v) is 7.98. The van der Waals surface area contributed by atoms with Crippen molar-refractivity contribution in [2.45, 2.75) is 31.7 Å². The molecule has 3 heterocycles. The van der Waals surface area contributed by atoms with Crippen molar-refractivity contribution < 1.29 is 22.9 Å². The highest BCUT2D eigenvalue weighted by atomic mass is 19.1. The third kappa shape index (κ3) is 5.43. The topological polar surface area (TPSA) is 90.7 Å². The minimum absolute atomic E-state index is 0.00284. The van der Waals surface area contributed by atoms with Gasteiger partial charge in [-0.1, -0.05) is 16.8 Å².